The van der Waals surface area contributed by atoms with Crippen LogP contribution in [0.15, 0.2) is 0 Å². The molecule has 6 heteroatoms. The molecule has 294 valence electrons. The summed E-state index contributed by atoms with van der Waals surface area (Å²) in [5.41, 5.74) is 2.52. The summed E-state index contributed by atoms with van der Waals surface area (Å²) in [6.07, 6.45) is 24.3. The molecule has 0 aliphatic rings. The minimum Gasteiger partial charge on any atom is -0.323 e. The smallest absolute Gasteiger partial charge is 0.0930 e. The van der Waals surface area contributed by atoms with Gasteiger partial charge in [-0.15, -0.1) is 0 Å². The van der Waals surface area contributed by atoms with Crippen LogP contribution in [0.4, 0.5) is 0 Å². The summed E-state index contributed by atoms with van der Waals surface area (Å²) >= 11 is 0. The van der Waals surface area contributed by atoms with Crippen LogP contribution in [0.3, 0.4) is 0 Å². The Morgan fingerprint density at radius 2 is 0.458 bits per heavy atom. The molecule has 0 heterocycles. The molecule has 0 aliphatic carbocycles. The molecule has 6 unspecified atom stereocenters. The van der Waals surface area contributed by atoms with Crippen molar-refractivity contribution >= 4 is 21.4 Å². The highest BCUT2D eigenvalue weighted by Gasteiger charge is 2.34. The molecule has 0 spiro atoms. The molecule has 0 saturated carbocycles. The topological polar surface area (TPSA) is 51.2 Å². The molecule has 0 rings (SSSR count). The average molecular weight is 739 g/mol. The van der Waals surface area contributed by atoms with E-state index in [0.717, 1.165) is 63.4 Å². The standard InChI is InChI=1S/C15H33OP.C14H31OP.C13H29OP/c1-6-9-10-11-12-13-17(16,14(4)7-2)15(5)8-3;1-6-9-10-11-12-16(15,13(4)7-2)14(5)8-3;1-6-9-10-11-15(14,12(4)7-2)13(5)8-3/h14-15H,6-13H2,1-5H3;13-14H,6-12H2,1-5H3;12-13H,6-11H2,1-5H3. The predicted octanol–water partition coefficient (Wildman–Crippen LogP) is 16.6. The molecule has 48 heavy (non-hydrogen) atoms. The van der Waals surface area contributed by atoms with Gasteiger partial charge >= 0.3 is 0 Å². The number of rotatable bonds is 27. The van der Waals surface area contributed by atoms with E-state index in [1.165, 1.54) is 70.6 Å². The molecule has 0 N–H and O–H groups in total. The van der Waals surface area contributed by atoms with Crippen LogP contribution in [0.25, 0.3) is 0 Å². The van der Waals surface area contributed by atoms with Crippen molar-refractivity contribution < 1.29 is 13.7 Å². The van der Waals surface area contributed by atoms with Crippen LogP contribution in [0.1, 0.15) is 219 Å². The molecule has 0 fully saturated rings. The second-order valence-electron chi connectivity index (χ2n) is 15.5. The van der Waals surface area contributed by atoms with Gasteiger partial charge in [-0.05, 0) is 57.8 Å². The fourth-order valence-corrected chi connectivity index (χ4v) is 18.0. The zero-order valence-corrected chi connectivity index (χ0v) is 38.6. The molecule has 0 bridgehead atoms. The van der Waals surface area contributed by atoms with E-state index in [1.54, 1.807) is 0 Å². The molecule has 6 atom stereocenters. The van der Waals surface area contributed by atoms with Crippen molar-refractivity contribution in [2.45, 2.75) is 253 Å². The van der Waals surface area contributed by atoms with E-state index in [0.29, 0.717) is 34.0 Å². The molecule has 0 aliphatic heterocycles. The van der Waals surface area contributed by atoms with Crippen LogP contribution < -0.4 is 0 Å². The van der Waals surface area contributed by atoms with E-state index >= 15 is 0 Å². The van der Waals surface area contributed by atoms with E-state index < -0.39 is 21.4 Å². The molecular formula is C42H93O3P3. The van der Waals surface area contributed by atoms with Gasteiger partial charge in [-0.25, -0.2) is 0 Å². The first-order chi connectivity index (χ1) is 22.6. The molecule has 0 aromatic heterocycles. The van der Waals surface area contributed by atoms with Crippen molar-refractivity contribution in [1.29, 1.82) is 0 Å². The molecular weight excluding hydrogens is 645 g/mol. The Balaban J connectivity index is -0.000000634. The van der Waals surface area contributed by atoms with Gasteiger partial charge in [0, 0.05) is 52.4 Å². The lowest BCUT2D eigenvalue weighted by molar-refractivity contribution is 0.545. The fourth-order valence-electron chi connectivity index (χ4n) is 6.84. The van der Waals surface area contributed by atoms with Crippen molar-refractivity contribution in [2.24, 2.45) is 0 Å². The molecule has 0 aromatic carbocycles. The molecule has 0 aromatic rings. The Bertz CT molecular complexity index is 815. The molecule has 0 radical (unpaired) electrons. The lowest BCUT2D eigenvalue weighted by atomic mass is 10.2. The lowest BCUT2D eigenvalue weighted by Gasteiger charge is -2.29. The molecule has 0 saturated heterocycles. The highest BCUT2D eigenvalue weighted by atomic mass is 31.2. The van der Waals surface area contributed by atoms with Crippen molar-refractivity contribution in [3.8, 4) is 0 Å². The van der Waals surface area contributed by atoms with Crippen LogP contribution in [-0.2, 0) is 13.7 Å². The van der Waals surface area contributed by atoms with E-state index in [1.807, 2.05) is 0 Å². The Morgan fingerprint density at radius 3 is 0.667 bits per heavy atom. The maximum atomic E-state index is 13.1. The number of hydrogen-bond acceptors (Lipinski definition) is 3. The van der Waals surface area contributed by atoms with Gasteiger partial charge in [0.25, 0.3) is 0 Å². The summed E-state index contributed by atoms with van der Waals surface area (Å²) in [5.74, 6) is 0. The lowest BCUT2D eigenvalue weighted by Crippen LogP contribution is -2.15. The van der Waals surface area contributed by atoms with Gasteiger partial charge in [0.2, 0.25) is 0 Å². The maximum absolute atomic E-state index is 13.1. The minimum atomic E-state index is -1.95. The predicted molar refractivity (Wildman–Crippen MR) is 228 cm³/mol. The minimum absolute atomic E-state index is 0.420. The van der Waals surface area contributed by atoms with E-state index in [9.17, 15) is 13.7 Å². The van der Waals surface area contributed by atoms with Crippen LogP contribution in [-0.4, -0.2) is 52.4 Å². The second-order valence-corrected chi connectivity index (χ2v) is 27.2. The van der Waals surface area contributed by atoms with Gasteiger partial charge in [-0.1, -0.05) is 162 Å². The van der Waals surface area contributed by atoms with Crippen molar-refractivity contribution in [3.63, 3.8) is 0 Å². The zero-order valence-electron chi connectivity index (χ0n) is 35.9. The average Bonchev–Trinajstić information content (AvgIpc) is 3.11. The van der Waals surface area contributed by atoms with Crippen LogP contribution in [0.5, 0.6) is 0 Å². The highest BCUT2D eigenvalue weighted by molar-refractivity contribution is 7.66. The highest BCUT2D eigenvalue weighted by Crippen LogP contribution is 2.59. The van der Waals surface area contributed by atoms with Gasteiger partial charge in [-0.2, -0.15) is 0 Å². The van der Waals surface area contributed by atoms with Gasteiger partial charge in [0.15, 0.2) is 0 Å². The Hall–Kier alpha value is 0.690. The first-order valence-corrected chi connectivity index (χ1v) is 27.4. The third kappa shape index (κ3) is 20.1. The molecule has 0 amide bonds. The third-order valence-corrected chi connectivity index (χ3v) is 26.3. The summed E-state index contributed by atoms with van der Waals surface area (Å²) in [7, 11) is -5.82. The van der Waals surface area contributed by atoms with E-state index in [4.69, 9.17) is 0 Å². The fraction of sp³-hybridized carbons (Fsp3) is 1.00. The second kappa shape index (κ2) is 31.2. The van der Waals surface area contributed by atoms with Gasteiger partial charge in [0.1, 0.15) is 0 Å². The van der Waals surface area contributed by atoms with Crippen molar-refractivity contribution in [3.05, 3.63) is 0 Å². The largest absolute Gasteiger partial charge is 0.323 e. The monoisotopic (exact) mass is 739 g/mol. The zero-order chi connectivity index (χ0) is 37.8. The first kappa shape index (κ1) is 53.0. The quantitative estimate of drug-likeness (QED) is 0.0623. The summed E-state index contributed by atoms with van der Waals surface area (Å²) in [6, 6.07) is 0. The maximum Gasteiger partial charge on any atom is 0.0930 e. The van der Waals surface area contributed by atoms with E-state index in [2.05, 4.69) is 104 Å². The number of unbranched alkanes of at least 4 members (excludes halogenated alkanes) is 9. The van der Waals surface area contributed by atoms with E-state index in [-0.39, 0.29) is 0 Å². The van der Waals surface area contributed by atoms with Crippen LogP contribution >= 0.6 is 21.4 Å². The van der Waals surface area contributed by atoms with Crippen LogP contribution in [0.2, 0.25) is 0 Å². The van der Waals surface area contributed by atoms with Gasteiger partial charge in [-0.3, -0.25) is 0 Å². The summed E-state index contributed by atoms with van der Waals surface area (Å²) < 4.78 is 39.1. The SMILES string of the molecule is CCCCCCCP(=O)(C(C)CC)C(C)CC.CCCCCCP(=O)(C(C)CC)C(C)CC.CCCCCP(=O)(C(C)CC)C(C)CC. The first-order valence-electron chi connectivity index (χ1n) is 21.3. The Morgan fingerprint density at radius 1 is 0.292 bits per heavy atom. The van der Waals surface area contributed by atoms with Gasteiger partial charge in [0.05, 0.1) is 21.4 Å². The third-order valence-electron chi connectivity index (χ3n) is 12.1. The summed E-state index contributed by atoms with van der Waals surface area (Å²) in [4.78, 5) is 0. The van der Waals surface area contributed by atoms with Gasteiger partial charge < -0.3 is 13.7 Å². The normalized spacial score (nSPS) is 19.1. The number of hydrogen-bond donors (Lipinski definition) is 0. The van der Waals surface area contributed by atoms with Crippen molar-refractivity contribution in [2.75, 3.05) is 18.5 Å². The Kier molecular flexibility index (Phi) is 34.5. The van der Waals surface area contributed by atoms with Crippen LogP contribution in [0, 0.1) is 0 Å². The summed E-state index contributed by atoms with van der Waals surface area (Å²) in [6.45, 7) is 32.8. The molecule has 3 nitrogen and oxygen atoms in total. The Labute approximate surface area is 306 Å². The summed E-state index contributed by atoms with van der Waals surface area (Å²) in [5, 5.41) is 0. The van der Waals surface area contributed by atoms with Crippen molar-refractivity contribution in [1.82, 2.24) is 0 Å².